The van der Waals surface area contributed by atoms with Crippen molar-refractivity contribution in [3.05, 3.63) is 46.4 Å². The Morgan fingerprint density at radius 1 is 0.692 bits per heavy atom. The maximum atomic E-state index is 6.25. The summed E-state index contributed by atoms with van der Waals surface area (Å²) in [4.78, 5) is 7.03. The molecule has 0 bridgehead atoms. The highest BCUT2D eigenvalue weighted by molar-refractivity contribution is 6.34. The number of ether oxygens (including phenoxy) is 2. The molecule has 1 aliphatic rings. The van der Waals surface area contributed by atoms with Crippen LogP contribution in [0.5, 0.6) is 11.5 Å². The maximum Gasteiger partial charge on any atom is 0.172 e. The molecule has 2 aromatic heterocycles. The minimum absolute atomic E-state index is 0.518. The van der Waals surface area contributed by atoms with E-state index in [-0.39, 0.29) is 0 Å². The number of hydrogen-bond acceptors (Lipinski definition) is 2. The van der Waals surface area contributed by atoms with E-state index in [0.717, 1.165) is 55.1 Å². The highest BCUT2D eigenvalue weighted by Gasteiger charge is 2.26. The standard InChI is InChI=1S/C20H12Cl2N2O2/c21-9-1-3-13-11(7-9)15-17(23-13)18-16(20-19(15)25-5-6-26-20)12-8-10(22)2-4-14(12)24-18/h1-4,7-8,23-24H,5-6H2. The molecule has 6 heteroatoms. The number of rotatable bonds is 0. The Hall–Kier alpha value is -2.56. The Labute approximate surface area is 157 Å². The molecular weight excluding hydrogens is 371 g/mol. The van der Waals surface area contributed by atoms with E-state index in [4.69, 9.17) is 32.7 Å². The molecule has 6 rings (SSSR count). The van der Waals surface area contributed by atoms with Crippen LogP contribution in [0.15, 0.2) is 36.4 Å². The number of aromatic nitrogens is 2. The van der Waals surface area contributed by atoms with Gasteiger partial charge < -0.3 is 19.4 Å². The number of nitrogens with one attached hydrogen (secondary N) is 2. The second-order valence-corrected chi connectivity index (χ2v) is 7.36. The smallest absolute Gasteiger partial charge is 0.172 e. The summed E-state index contributed by atoms with van der Waals surface area (Å²) in [6.45, 7) is 1.04. The third-order valence-corrected chi connectivity index (χ3v) is 5.48. The summed E-state index contributed by atoms with van der Waals surface area (Å²) in [5, 5.41) is 5.39. The molecule has 26 heavy (non-hydrogen) atoms. The van der Waals surface area contributed by atoms with Crippen LogP contribution in [0.25, 0.3) is 43.6 Å². The summed E-state index contributed by atoms with van der Waals surface area (Å²) >= 11 is 12.5. The number of fused-ring (bicyclic) bond motifs is 10. The van der Waals surface area contributed by atoms with E-state index < -0.39 is 0 Å². The van der Waals surface area contributed by atoms with Crippen LogP contribution in [0.1, 0.15) is 0 Å². The third-order valence-electron chi connectivity index (χ3n) is 5.01. The normalized spacial score (nSPS) is 14.1. The van der Waals surface area contributed by atoms with Crippen molar-refractivity contribution in [2.45, 2.75) is 0 Å². The molecule has 5 aromatic rings. The lowest BCUT2D eigenvalue weighted by atomic mass is 10.1. The quantitative estimate of drug-likeness (QED) is 0.343. The number of hydrogen-bond donors (Lipinski definition) is 2. The Balaban J connectivity index is 1.93. The van der Waals surface area contributed by atoms with Crippen LogP contribution in [0.2, 0.25) is 10.0 Å². The minimum atomic E-state index is 0.518. The summed E-state index contributed by atoms with van der Waals surface area (Å²) in [5.74, 6) is 1.52. The van der Waals surface area contributed by atoms with Gasteiger partial charge in [-0.05, 0) is 36.4 Å². The van der Waals surface area contributed by atoms with Crippen molar-refractivity contribution in [3.63, 3.8) is 0 Å². The summed E-state index contributed by atoms with van der Waals surface area (Å²) in [6.07, 6.45) is 0. The summed E-state index contributed by atoms with van der Waals surface area (Å²) in [6, 6.07) is 11.6. The van der Waals surface area contributed by atoms with Crippen molar-refractivity contribution in [2.24, 2.45) is 0 Å². The first kappa shape index (κ1) is 14.6. The van der Waals surface area contributed by atoms with E-state index in [1.165, 1.54) is 0 Å². The predicted octanol–water partition coefficient (Wildman–Crippen LogP) is 6.03. The van der Waals surface area contributed by atoms with Gasteiger partial charge in [0.2, 0.25) is 0 Å². The second-order valence-electron chi connectivity index (χ2n) is 6.48. The molecule has 0 atom stereocenters. The van der Waals surface area contributed by atoms with Crippen molar-refractivity contribution in [2.75, 3.05) is 13.2 Å². The number of halogens is 2. The van der Waals surface area contributed by atoms with Crippen molar-refractivity contribution in [1.82, 2.24) is 9.97 Å². The zero-order valence-electron chi connectivity index (χ0n) is 13.5. The van der Waals surface area contributed by atoms with Gasteiger partial charge in [-0.1, -0.05) is 23.2 Å². The van der Waals surface area contributed by atoms with E-state index >= 15 is 0 Å². The van der Waals surface area contributed by atoms with Gasteiger partial charge in [0.15, 0.2) is 11.5 Å². The van der Waals surface area contributed by atoms with Gasteiger partial charge in [0, 0.05) is 31.9 Å². The highest BCUT2D eigenvalue weighted by atomic mass is 35.5. The molecule has 0 unspecified atom stereocenters. The highest BCUT2D eigenvalue weighted by Crippen LogP contribution is 2.50. The van der Waals surface area contributed by atoms with Crippen LogP contribution in [-0.4, -0.2) is 23.2 Å². The van der Waals surface area contributed by atoms with E-state index in [0.29, 0.717) is 23.3 Å². The fourth-order valence-corrected chi connectivity index (χ4v) is 4.31. The van der Waals surface area contributed by atoms with Crippen LogP contribution in [0.3, 0.4) is 0 Å². The molecule has 1 aliphatic heterocycles. The molecule has 0 saturated heterocycles. The van der Waals surface area contributed by atoms with Crippen molar-refractivity contribution in [1.29, 1.82) is 0 Å². The average Bonchev–Trinajstić information content (AvgIpc) is 3.20. The molecule has 3 aromatic carbocycles. The topological polar surface area (TPSA) is 50.0 Å². The molecule has 0 fully saturated rings. The Kier molecular flexibility index (Phi) is 2.80. The van der Waals surface area contributed by atoms with Gasteiger partial charge in [-0.3, -0.25) is 0 Å². The molecule has 3 heterocycles. The molecule has 0 radical (unpaired) electrons. The monoisotopic (exact) mass is 382 g/mol. The molecule has 128 valence electrons. The van der Waals surface area contributed by atoms with Gasteiger partial charge in [0.1, 0.15) is 13.2 Å². The zero-order valence-corrected chi connectivity index (χ0v) is 15.0. The van der Waals surface area contributed by atoms with Crippen LogP contribution in [-0.2, 0) is 0 Å². The Morgan fingerprint density at radius 2 is 1.15 bits per heavy atom. The maximum absolute atomic E-state index is 6.25. The summed E-state index contributed by atoms with van der Waals surface area (Å²) in [7, 11) is 0. The van der Waals surface area contributed by atoms with Crippen LogP contribution < -0.4 is 9.47 Å². The SMILES string of the molecule is Clc1ccc2[nH]c3c4[nH]c5ccc(Cl)cc5c4c4c(c3c2c1)OCCO4. The molecule has 0 aliphatic carbocycles. The van der Waals surface area contributed by atoms with Gasteiger partial charge >= 0.3 is 0 Å². The first-order valence-electron chi connectivity index (χ1n) is 8.34. The van der Waals surface area contributed by atoms with Gasteiger partial charge in [-0.15, -0.1) is 0 Å². The number of H-pyrrole nitrogens is 2. The first-order valence-corrected chi connectivity index (χ1v) is 9.10. The van der Waals surface area contributed by atoms with Gasteiger partial charge in [-0.25, -0.2) is 0 Å². The Morgan fingerprint density at radius 3 is 1.62 bits per heavy atom. The predicted molar refractivity (Wildman–Crippen MR) is 106 cm³/mol. The minimum Gasteiger partial charge on any atom is -0.485 e. The van der Waals surface area contributed by atoms with E-state index in [2.05, 4.69) is 9.97 Å². The van der Waals surface area contributed by atoms with Crippen molar-refractivity contribution < 1.29 is 9.47 Å². The third kappa shape index (κ3) is 1.81. The van der Waals surface area contributed by atoms with Gasteiger partial charge in [-0.2, -0.15) is 0 Å². The van der Waals surface area contributed by atoms with Crippen LogP contribution in [0.4, 0.5) is 0 Å². The number of aromatic amines is 2. The zero-order chi connectivity index (χ0) is 17.4. The van der Waals surface area contributed by atoms with E-state index in [1.54, 1.807) is 0 Å². The van der Waals surface area contributed by atoms with Gasteiger partial charge in [0.25, 0.3) is 0 Å². The number of benzene rings is 3. The lowest BCUT2D eigenvalue weighted by Crippen LogP contribution is -2.15. The first-order chi connectivity index (χ1) is 12.7. The van der Waals surface area contributed by atoms with Crippen molar-refractivity contribution in [3.8, 4) is 11.5 Å². The molecule has 2 N–H and O–H groups in total. The van der Waals surface area contributed by atoms with Crippen molar-refractivity contribution >= 4 is 66.8 Å². The fourth-order valence-electron chi connectivity index (χ4n) is 3.96. The van der Waals surface area contributed by atoms with Gasteiger partial charge in [0.05, 0.1) is 21.8 Å². The van der Waals surface area contributed by atoms with Crippen LogP contribution in [0, 0.1) is 0 Å². The molecular formula is C20H12Cl2N2O2. The molecule has 0 saturated carbocycles. The van der Waals surface area contributed by atoms with E-state index in [1.807, 2.05) is 36.4 Å². The summed E-state index contributed by atoms with van der Waals surface area (Å²) in [5.41, 5.74) is 3.97. The Bertz CT molecular complexity index is 1260. The van der Waals surface area contributed by atoms with E-state index in [9.17, 15) is 0 Å². The second kappa shape index (κ2) is 5.00. The lowest BCUT2D eigenvalue weighted by molar-refractivity contribution is 0.176. The fraction of sp³-hybridized carbons (Fsp3) is 0.100. The lowest BCUT2D eigenvalue weighted by Gasteiger charge is -2.20. The molecule has 0 spiro atoms. The molecule has 0 amide bonds. The average molecular weight is 383 g/mol. The largest absolute Gasteiger partial charge is 0.485 e. The molecule has 4 nitrogen and oxygen atoms in total. The van der Waals surface area contributed by atoms with Crippen LogP contribution >= 0.6 is 23.2 Å². The summed E-state index contributed by atoms with van der Waals surface area (Å²) < 4.78 is 12.1.